The van der Waals surface area contributed by atoms with E-state index in [1.54, 1.807) is 0 Å². The lowest BCUT2D eigenvalue weighted by Gasteiger charge is -2.31. The first kappa shape index (κ1) is 35.7. The highest BCUT2D eigenvalue weighted by Crippen LogP contribution is 2.54. The first-order valence-electron chi connectivity index (χ1n) is 20.9. The minimum absolute atomic E-state index is 0.307. The zero-order chi connectivity index (χ0) is 40.2. The second-order valence-electron chi connectivity index (χ2n) is 16.0. The summed E-state index contributed by atoms with van der Waals surface area (Å²) in [6, 6.07) is 77.1. The summed E-state index contributed by atoms with van der Waals surface area (Å²) in [5.74, 6) is 0. The van der Waals surface area contributed by atoms with Crippen LogP contribution in [0.25, 0.3) is 61.1 Å². The zero-order valence-electron chi connectivity index (χ0n) is 33.8. The van der Waals surface area contributed by atoms with Gasteiger partial charge in [-0.15, -0.1) is 0 Å². The molecule has 0 radical (unpaired) electrons. The van der Waals surface area contributed by atoms with Crippen LogP contribution in [0.3, 0.4) is 0 Å². The molecule has 0 amide bonds. The summed E-state index contributed by atoms with van der Waals surface area (Å²) in [5.41, 5.74) is 18.7. The van der Waals surface area contributed by atoms with Crippen LogP contribution < -0.4 is 4.90 Å². The predicted molar refractivity (Wildman–Crippen MR) is 251 cm³/mol. The summed E-state index contributed by atoms with van der Waals surface area (Å²) in [4.78, 5) is 2.40. The van der Waals surface area contributed by atoms with Crippen LogP contribution in [0.15, 0.2) is 212 Å². The van der Waals surface area contributed by atoms with Gasteiger partial charge >= 0.3 is 0 Å². The van der Waals surface area contributed by atoms with Crippen LogP contribution in [0.2, 0.25) is 0 Å². The monoisotopic (exact) mass is 769 g/mol. The molecule has 1 unspecified atom stereocenters. The molecule has 0 fully saturated rings. The number of nitrogens with zero attached hydrogens (tertiary/aromatic N) is 3. The van der Waals surface area contributed by atoms with E-state index in [0.29, 0.717) is 0 Å². The van der Waals surface area contributed by atoms with Crippen LogP contribution in [0, 0.1) is 0 Å². The van der Waals surface area contributed by atoms with E-state index < -0.39 is 0 Å². The molecule has 8 aromatic carbocycles. The second kappa shape index (κ2) is 14.4. The highest BCUT2D eigenvalue weighted by Gasteiger charge is 2.41. The molecule has 0 saturated carbocycles. The van der Waals surface area contributed by atoms with Gasteiger partial charge < -0.3 is 4.90 Å². The van der Waals surface area contributed by atoms with Crippen molar-refractivity contribution in [2.45, 2.75) is 25.7 Å². The van der Waals surface area contributed by atoms with Crippen molar-refractivity contribution in [1.29, 1.82) is 0 Å². The maximum atomic E-state index is 5.42. The summed E-state index contributed by atoms with van der Waals surface area (Å²) in [5, 5.41) is 7.85. The number of hydrogen-bond donors (Lipinski definition) is 0. The summed E-state index contributed by atoms with van der Waals surface area (Å²) in [6.45, 7) is 4.63. The van der Waals surface area contributed by atoms with Crippen LogP contribution in [0.5, 0.6) is 0 Å². The molecule has 10 aromatic rings. The summed E-state index contributed by atoms with van der Waals surface area (Å²) >= 11 is 0. The second-order valence-corrected chi connectivity index (χ2v) is 16.0. The molecule has 0 spiro atoms. The van der Waals surface area contributed by atoms with Crippen molar-refractivity contribution >= 4 is 33.4 Å². The van der Waals surface area contributed by atoms with Crippen molar-refractivity contribution in [1.82, 2.24) is 9.61 Å². The van der Waals surface area contributed by atoms with E-state index in [0.717, 1.165) is 46.0 Å². The first-order valence-corrected chi connectivity index (χ1v) is 20.9. The van der Waals surface area contributed by atoms with Gasteiger partial charge in [-0.1, -0.05) is 177 Å². The normalized spacial score (nSPS) is 14.3. The topological polar surface area (TPSA) is 20.5 Å². The van der Waals surface area contributed by atoms with Gasteiger partial charge in [-0.2, -0.15) is 5.10 Å². The number of pyridine rings is 1. The average Bonchev–Trinajstić information content (AvgIpc) is 3.84. The van der Waals surface area contributed by atoms with Crippen molar-refractivity contribution in [2.75, 3.05) is 4.90 Å². The molecule has 1 atom stereocenters. The molecule has 0 saturated heterocycles. The minimum Gasteiger partial charge on any atom is -0.310 e. The molecule has 0 N–H and O–H groups in total. The van der Waals surface area contributed by atoms with Crippen molar-refractivity contribution in [3.63, 3.8) is 0 Å². The Labute approximate surface area is 351 Å². The number of rotatable bonds is 8. The Bertz CT molecular complexity index is 3170. The van der Waals surface area contributed by atoms with Gasteiger partial charge in [0, 0.05) is 44.6 Å². The maximum absolute atomic E-state index is 5.42. The van der Waals surface area contributed by atoms with E-state index in [2.05, 4.69) is 236 Å². The number of aromatic nitrogens is 2. The zero-order valence-corrected chi connectivity index (χ0v) is 33.8. The smallest absolute Gasteiger partial charge is 0.0966 e. The third-order valence-electron chi connectivity index (χ3n) is 12.7. The molecule has 1 aliphatic rings. The Morgan fingerprint density at radius 2 is 1.03 bits per heavy atom. The molecule has 3 heteroatoms. The van der Waals surface area contributed by atoms with Crippen LogP contribution in [0.1, 0.15) is 36.1 Å². The fourth-order valence-electron chi connectivity index (χ4n) is 9.68. The fraction of sp³-hybridized carbons (Fsp3) is 0.0702. The van der Waals surface area contributed by atoms with Gasteiger partial charge in [0.25, 0.3) is 0 Å². The quantitative estimate of drug-likeness (QED) is 0.153. The van der Waals surface area contributed by atoms with Gasteiger partial charge in [0.2, 0.25) is 0 Å². The Morgan fingerprint density at radius 3 is 1.73 bits per heavy atom. The number of benzene rings is 8. The fourth-order valence-corrected chi connectivity index (χ4v) is 9.68. The molecule has 286 valence electrons. The summed E-state index contributed by atoms with van der Waals surface area (Å²) in [7, 11) is 0. The average molecular weight is 770 g/mol. The van der Waals surface area contributed by atoms with E-state index in [1.807, 2.05) is 0 Å². The van der Waals surface area contributed by atoms with E-state index >= 15 is 0 Å². The van der Waals surface area contributed by atoms with Gasteiger partial charge in [0.15, 0.2) is 0 Å². The lowest BCUT2D eigenvalue weighted by atomic mass is 9.74. The predicted octanol–water partition coefficient (Wildman–Crippen LogP) is 14.9. The largest absolute Gasteiger partial charge is 0.310 e. The van der Waals surface area contributed by atoms with Gasteiger partial charge in [-0.05, 0) is 100 Å². The van der Waals surface area contributed by atoms with Gasteiger partial charge in [0.05, 0.1) is 16.9 Å². The number of anilines is 3. The highest BCUT2D eigenvalue weighted by atomic mass is 15.2. The van der Waals surface area contributed by atoms with Crippen LogP contribution in [-0.4, -0.2) is 9.61 Å². The third-order valence-corrected chi connectivity index (χ3v) is 12.7. The van der Waals surface area contributed by atoms with E-state index in [9.17, 15) is 0 Å². The number of aryl methyl sites for hydroxylation is 1. The molecule has 60 heavy (non-hydrogen) atoms. The number of fused-ring (bicyclic) bond motifs is 6. The Morgan fingerprint density at radius 1 is 0.483 bits per heavy atom. The minimum atomic E-state index is -0.307. The van der Waals surface area contributed by atoms with Crippen LogP contribution >= 0.6 is 0 Å². The third kappa shape index (κ3) is 5.69. The molecule has 11 rings (SSSR count). The molecule has 2 aromatic heterocycles. The van der Waals surface area contributed by atoms with Gasteiger partial charge in [-0.3, -0.25) is 0 Å². The molecular weight excluding hydrogens is 727 g/mol. The lowest BCUT2D eigenvalue weighted by Crippen LogP contribution is -2.22. The molecular formula is C57H43N3. The summed E-state index contributed by atoms with van der Waals surface area (Å²) in [6.07, 6.45) is 0.862. The van der Waals surface area contributed by atoms with Crippen LogP contribution in [-0.2, 0) is 11.8 Å². The highest BCUT2D eigenvalue weighted by molar-refractivity contribution is 6.02. The Kier molecular flexibility index (Phi) is 8.56. The molecule has 0 bridgehead atoms. The first-order chi connectivity index (χ1) is 29.6. The Balaban J connectivity index is 1.07. The van der Waals surface area contributed by atoms with Crippen molar-refractivity contribution in [3.05, 3.63) is 235 Å². The molecule has 3 nitrogen and oxygen atoms in total. The van der Waals surface area contributed by atoms with Gasteiger partial charge in [-0.25, -0.2) is 4.52 Å². The standard InChI is InChI=1S/C57H43N3/c1-3-48-55(58-60-54(41-19-9-5-10-20-41)37-43-21-13-14-24-49(43)56(48)60)42-29-33-46(34-30-42)59(45-31-27-40(28-32-45)39-17-7-4-8-18-39)47-35-36-51-50-25-15-16-26-52(50)57(2,53(51)38-47)44-22-11-6-12-23-44/h4-38H,3H2,1-2H3. The van der Waals surface area contributed by atoms with Crippen LogP contribution in [0.4, 0.5) is 17.1 Å². The van der Waals surface area contributed by atoms with E-state index in [4.69, 9.17) is 5.10 Å². The molecule has 0 aliphatic heterocycles. The SMILES string of the molecule is CCc1c(-c2ccc(N(c3ccc(-c4ccccc4)cc3)c3ccc4c(c3)C(C)(c3ccccc3)c3ccccc3-4)cc2)nn2c(-c3ccccc3)cc3ccccc3c12. The summed E-state index contributed by atoms with van der Waals surface area (Å²) < 4.78 is 2.17. The van der Waals surface area contributed by atoms with E-state index in [1.165, 1.54) is 60.8 Å². The van der Waals surface area contributed by atoms with Crippen molar-refractivity contribution in [3.8, 4) is 44.8 Å². The maximum Gasteiger partial charge on any atom is 0.0966 e. The van der Waals surface area contributed by atoms with Crippen molar-refractivity contribution in [2.24, 2.45) is 0 Å². The van der Waals surface area contributed by atoms with E-state index in [-0.39, 0.29) is 5.41 Å². The molecule has 2 heterocycles. The number of hydrogen-bond acceptors (Lipinski definition) is 2. The van der Waals surface area contributed by atoms with Crippen molar-refractivity contribution < 1.29 is 0 Å². The van der Waals surface area contributed by atoms with Gasteiger partial charge in [0.1, 0.15) is 0 Å². The lowest BCUT2D eigenvalue weighted by molar-refractivity contribution is 0.714. The Hall–Kier alpha value is -7.49. The molecule has 1 aliphatic carbocycles.